The van der Waals surface area contributed by atoms with Gasteiger partial charge in [-0.15, -0.1) is 0 Å². The Morgan fingerprint density at radius 3 is 2.50 bits per heavy atom. The van der Waals surface area contributed by atoms with Gasteiger partial charge in [0.05, 0.1) is 11.0 Å². The first kappa shape index (κ1) is 14.1. The van der Waals surface area contributed by atoms with Gasteiger partial charge < -0.3 is 15.3 Å². The van der Waals surface area contributed by atoms with Gasteiger partial charge in [0, 0.05) is 31.5 Å². The molecule has 1 saturated heterocycles. The fourth-order valence-electron chi connectivity index (χ4n) is 2.42. The molecule has 2 heterocycles. The Bertz CT molecular complexity index is 804. The molecule has 0 radical (unpaired) electrons. The lowest BCUT2D eigenvalue weighted by Gasteiger charge is -2.13. The fraction of sp³-hybridized carbons (Fsp3) is 0.286. The molecule has 0 aliphatic carbocycles. The summed E-state index contributed by atoms with van der Waals surface area (Å²) in [5.41, 5.74) is 1.46. The first-order valence-electron chi connectivity index (χ1n) is 6.88. The number of nitrogens with one attached hydrogen (secondary N) is 3. The zero-order valence-corrected chi connectivity index (χ0v) is 11.6. The highest BCUT2D eigenvalue weighted by molar-refractivity contribution is 6.02. The summed E-state index contributed by atoms with van der Waals surface area (Å²) in [6.45, 7) is 0.0900. The summed E-state index contributed by atoms with van der Waals surface area (Å²) < 4.78 is 0. The van der Waals surface area contributed by atoms with Gasteiger partial charge in [-0.05, 0) is 18.2 Å². The lowest BCUT2D eigenvalue weighted by atomic mass is 10.2. The minimum absolute atomic E-state index is 0.0408. The lowest BCUT2D eigenvalue weighted by Crippen LogP contribution is -2.32. The maximum atomic E-state index is 11.9. The lowest BCUT2D eigenvalue weighted by molar-refractivity contribution is -0.138. The molecular formula is C14H14N4O4. The fourth-order valence-corrected chi connectivity index (χ4v) is 2.42. The van der Waals surface area contributed by atoms with Gasteiger partial charge >= 0.3 is 5.69 Å². The molecule has 3 amide bonds. The Morgan fingerprint density at radius 1 is 1.09 bits per heavy atom. The van der Waals surface area contributed by atoms with E-state index in [0.717, 1.165) is 4.90 Å². The maximum Gasteiger partial charge on any atom is 0.323 e. The van der Waals surface area contributed by atoms with Crippen LogP contribution in [0.15, 0.2) is 23.0 Å². The molecule has 0 saturated carbocycles. The van der Waals surface area contributed by atoms with Gasteiger partial charge in [0.15, 0.2) is 0 Å². The van der Waals surface area contributed by atoms with Crippen molar-refractivity contribution < 1.29 is 14.4 Å². The van der Waals surface area contributed by atoms with Crippen molar-refractivity contribution in [3.05, 3.63) is 28.7 Å². The maximum absolute atomic E-state index is 11.9. The van der Waals surface area contributed by atoms with E-state index in [1.54, 1.807) is 18.2 Å². The number of rotatable bonds is 4. The van der Waals surface area contributed by atoms with E-state index in [4.69, 9.17) is 0 Å². The van der Waals surface area contributed by atoms with Crippen LogP contribution in [-0.4, -0.2) is 39.1 Å². The summed E-state index contributed by atoms with van der Waals surface area (Å²) in [6, 6.07) is 4.98. The number of carbonyl (C=O) groups excluding carboxylic acids is 3. The van der Waals surface area contributed by atoms with Crippen LogP contribution in [0.4, 0.5) is 5.69 Å². The average molecular weight is 302 g/mol. The second-order valence-corrected chi connectivity index (χ2v) is 5.08. The average Bonchev–Trinajstić information content (AvgIpc) is 2.98. The Morgan fingerprint density at radius 2 is 1.77 bits per heavy atom. The molecule has 8 nitrogen and oxygen atoms in total. The standard InChI is InChI=1S/C14H14N4O4/c19-11(5-6-18-12(20)3-4-13(18)21)15-8-1-2-9-10(7-8)17-14(22)16-9/h1-2,7H,3-6H2,(H,15,19)(H2,16,17,22). The van der Waals surface area contributed by atoms with Gasteiger partial charge in [-0.1, -0.05) is 0 Å². The van der Waals surface area contributed by atoms with Crippen LogP contribution >= 0.6 is 0 Å². The number of H-pyrrole nitrogens is 2. The van der Waals surface area contributed by atoms with Gasteiger partial charge in [-0.2, -0.15) is 0 Å². The van der Waals surface area contributed by atoms with E-state index >= 15 is 0 Å². The van der Waals surface area contributed by atoms with E-state index in [-0.39, 0.29) is 49.2 Å². The number of benzene rings is 1. The first-order chi connectivity index (χ1) is 10.5. The monoisotopic (exact) mass is 302 g/mol. The number of fused-ring (bicyclic) bond motifs is 1. The number of hydrogen-bond donors (Lipinski definition) is 3. The van der Waals surface area contributed by atoms with E-state index in [9.17, 15) is 19.2 Å². The minimum atomic E-state index is -0.315. The van der Waals surface area contributed by atoms with Crippen LogP contribution < -0.4 is 11.0 Å². The number of nitrogens with zero attached hydrogens (tertiary/aromatic N) is 1. The van der Waals surface area contributed by atoms with Gasteiger partial charge in [-0.25, -0.2) is 4.79 Å². The minimum Gasteiger partial charge on any atom is -0.326 e. The van der Waals surface area contributed by atoms with Gasteiger partial charge in [0.25, 0.3) is 0 Å². The van der Waals surface area contributed by atoms with Crippen LogP contribution in [0.3, 0.4) is 0 Å². The molecule has 114 valence electrons. The Hall–Kier alpha value is -2.90. The van der Waals surface area contributed by atoms with E-state index in [1.807, 2.05) is 0 Å². The molecule has 0 spiro atoms. The van der Waals surface area contributed by atoms with Crippen LogP contribution in [0.2, 0.25) is 0 Å². The molecule has 3 N–H and O–H groups in total. The van der Waals surface area contributed by atoms with Crippen LogP contribution in [0.5, 0.6) is 0 Å². The van der Waals surface area contributed by atoms with Crippen molar-refractivity contribution in [2.45, 2.75) is 19.3 Å². The number of carbonyl (C=O) groups is 3. The molecular weight excluding hydrogens is 288 g/mol. The summed E-state index contributed by atoms with van der Waals surface area (Å²) in [6.07, 6.45) is 0.481. The SMILES string of the molecule is O=C(CCN1C(=O)CCC1=O)Nc1ccc2[nH]c(=O)[nH]c2c1. The summed E-state index contributed by atoms with van der Waals surface area (Å²) >= 11 is 0. The van der Waals surface area contributed by atoms with Crippen molar-refractivity contribution in [1.82, 2.24) is 14.9 Å². The molecule has 1 aliphatic rings. The molecule has 22 heavy (non-hydrogen) atoms. The molecule has 1 aromatic heterocycles. The van der Waals surface area contributed by atoms with Crippen molar-refractivity contribution in [2.24, 2.45) is 0 Å². The van der Waals surface area contributed by atoms with Crippen molar-refractivity contribution in [2.75, 3.05) is 11.9 Å². The summed E-state index contributed by atoms with van der Waals surface area (Å²) in [5.74, 6) is -0.766. The molecule has 8 heteroatoms. The zero-order chi connectivity index (χ0) is 15.7. The number of imidazole rings is 1. The predicted molar refractivity (Wildman–Crippen MR) is 78.1 cm³/mol. The number of aromatic nitrogens is 2. The topological polar surface area (TPSA) is 115 Å². The highest BCUT2D eigenvalue weighted by Crippen LogP contribution is 2.15. The van der Waals surface area contributed by atoms with E-state index in [2.05, 4.69) is 15.3 Å². The second kappa shape index (κ2) is 5.47. The highest BCUT2D eigenvalue weighted by atomic mass is 16.2. The van der Waals surface area contributed by atoms with Gasteiger partial charge in [-0.3, -0.25) is 19.3 Å². The van der Waals surface area contributed by atoms with Crippen LogP contribution in [0.25, 0.3) is 11.0 Å². The van der Waals surface area contributed by atoms with Gasteiger partial charge in [0.1, 0.15) is 0 Å². The van der Waals surface area contributed by atoms with E-state index in [1.165, 1.54) is 0 Å². The number of anilines is 1. The van der Waals surface area contributed by atoms with Crippen LogP contribution in [0.1, 0.15) is 19.3 Å². The summed E-state index contributed by atoms with van der Waals surface area (Å²) in [7, 11) is 0. The molecule has 1 aromatic carbocycles. The molecule has 0 unspecified atom stereocenters. The molecule has 0 bridgehead atoms. The third-order valence-corrected chi connectivity index (χ3v) is 3.52. The largest absolute Gasteiger partial charge is 0.326 e. The Balaban J connectivity index is 1.61. The van der Waals surface area contributed by atoms with Crippen molar-refractivity contribution >= 4 is 34.4 Å². The molecule has 0 atom stereocenters. The van der Waals surface area contributed by atoms with Crippen molar-refractivity contribution in [3.8, 4) is 0 Å². The predicted octanol–water partition coefficient (Wildman–Crippen LogP) is 0.334. The Kier molecular flexibility index (Phi) is 3.50. The number of hydrogen-bond acceptors (Lipinski definition) is 4. The van der Waals surface area contributed by atoms with Crippen molar-refractivity contribution in [3.63, 3.8) is 0 Å². The Labute approximate surface area is 124 Å². The number of likely N-dealkylation sites (tertiary alicyclic amines) is 1. The van der Waals surface area contributed by atoms with E-state index in [0.29, 0.717) is 16.7 Å². The summed E-state index contributed by atoms with van der Waals surface area (Å²) in [4.78, 5) is 52.3. The molecule has 1 aliphatic heterocycles. The van der Waals surface area contributed by atoms with Crippen LogP contribution in [-0.2, 0) is 14.4 Å². The molecule has 1 fully saturated rings. The van der Waals surface area contributed by atoms with Crippen LogP contribution in [0, 0.1) is 0 Å². The third-order valence-electron chi connectivity index (χ3n) is 3.52. The van der Waals surface area contributed by atoms with E-state index < -0.39 is 0 Å². The summed E-state index contributed by atoms with van der Waals surface area (Å²) in [5, 5.41) is 2.67. The number of amides is 3. The second-order valence-electron chi connectivity index (χ2n) is 5.08. The number of imide groups is 1. The number of aromatic amines is 2. The molecule has 2 aromatic rings. The van der Waals surface area contributed by atoms with Crippen molar-refractivity contribution in [1.29, 1.82) is 0 Å². The normalized spacial score (nSPS) is 14.8. The quantitative estimate of drug-likeness (QED) is 0.706. The zero-order valence-electron chi connectivity index (χ0n) is 11.6. The smallest absolute Gasteiger partial charge is 0.323 e. The highest BCUT2D eigenvalue weighted by Gasteiger charge is 2.28. The van der Waals surface area contributed by atoms with Gasteiger partial charge in [0.2, 0.25) is 17.7 Å². The first-order valence-corrected chi connectivity index (χ1v) is 6.88. The third kappa shape index (κ3) is 2.76. The molecule has 3 rings (SSSR count).